The van der Waals surface area contributed by atoms with E-state index in [1.54, 1.807) is 14.2 Å². The molecule has 134 valence electrons. The van der Waals surface area contributed by atoms with Gasteiger partial charge in [-0.25, -0.2) is 0 Å². The number of hydrogen-bond donors (Lipinski definition) is 1. The number of carbonyl (C=O) groups excluding carboxylic acids is 1. The van der Waals surface area contributed by atoms with Crippen LogP contribution in [-0.4, -0.2) is 34.2 Å². The van der Waals surface area contributed by atoms with Crippen molar-refractivity contribution in [1.82, 2.24) is 0 Å². The second-order valence-electron chi connectivity index (χ2n) is 6.21. The van der Waals surface area contributed by atoms with Crippen LogP contribution in [0.1, 0.15) is 24.8 Å². The predicted molar refractivity (Wildman–Crippen MR) is 102 cm³/mol. The number of hydrogen-bond acceptors (Lipinski definition) is 4. The molecular formula is C20H26N2O3. The van der Waals surface area contributed by atoms with E-state index in [0.717, 1.165) is 28.4 Å². The molecule has 5 nitrogen and oxygen atoms in total. The van der Waals surface area contributed by atoms with Gasteiger partial charge in [0, 0.05) is 38.0 Å². The molecule has 2 rings (SSSR count). The highest BCUT2D eigenvalue weighted by atomic mass is 16.5. The van der Waals surface area contributed by atoms with Gasteiger partial charge in [-0.05, 0) is 35.7 Å². The van der Waals surface area contributed by atoms with Crippen molar-refractivity contribution in [2.24, 2.45) is 0 Å². The minimum absolute atomic E-state index is 0.0258. The minimum atomic E-state index is -0.0266. The Kier molecular flexibility index (Phi) is 6.28. The fourth-order valence-corrected chi connectivity index (χ4v) is 2.69. The maximum absolute atomic E-state index is 12.4. The van der Waals surface area contributed by atoms with Crippen molar-refractivity contribution in [3.8, 4) is 11.5 Å². The summed E-state index contributed by atoms with van der Waals surface area (Å²) in [6.07, 6.45) is 0.370. The van der Waals surface area contributed by atoms with Crippen LogP contribution in [0.3, 0.4) is 0 Å². The highest BCUT2D eigenvalue weighted by Crippen LogP contribution is 2.32. The average molecular weight is 342 g/mol. The fourth-order valence-electron chi connectivity index (χ4n) is 2.69. The van der Waals surface area contributed by atoms with Gasteiger partial charge in [0.25, 0.3) is 0 Å². The molecule has 0 fully saturated rings. The molecule has 0 heterocycles. The Balaban J connectivity index is 2.06. The first kappa shape index (κ1) is 18.6. The summed E-state index contributed by atoms with van der Waals surface area (Å²) >= 11 is 0. The van der Waals surface area contributed by atoms with E-state index in [1.807, 2.05) is 68.4 Å². The highest BCUT2D eigenvalue weighted by molar-refractivity contribution is 5.91. The van der Waals surface area contributed by atoms with Gasteiger partial charge in [-0.1, -0.05) is 19.1 Å². The van der Waals surface area contributed by atoms with Crippen LogP contribution < -0.4 is 19.7 Å². The van der Waals surface area contributed by atoms with Crippen LogP contribution in [0, 0.1) is 0 Å². The van der Waals surface area contributed by atoms with E-state index >= 15 is 0 Å². The molecule has 5 heteroatoms. The van der Waals surface area contributed by atoms with E-state index in [0.29, 0.717) is 6.42 Å². The molecule has 0 aliphatic rings. The number of benzene rings is 2. The quantitative estimate of drug-likeness (QED) is 0.829. The van der Waals surface area contributed by atoms with Crippen molar-refractivity contribution in [2.75, 3.05) is 38.5 Å². The van der Waals surface area contributed by atoms with Crippen molar-refractivity contribution in [2.45, 2.75) is 19.3 Å². The Morgan fingerprint density at radius 1 is 1.12 bits per heavy atom. The summed E-state index contributed by atoms with van der Waals surface area (Å²) in [5.74, 6) is 1.46. The third-order valence-corrected chi connectivity index (χ3v) is 4.11. The Hall–Kier alpha value is -2.69. The Morgan fingerprint density at radius 3 is 2.52 bits per heavy atom. The minimum Gasteiger partial charge on any atom is -0.497 e. The SMILES string of the molecule is COc1ccc(C(C)CC(=O)Nc2cccc(N(C)C)c2)c(OC)c1. The molecule has 1 atom stereocenters. The number of ether oxygens (including phenoxy) is 2. The van der Waals surface area contributed by atoms with Crippen LogP contribution in [0.4, 0.5) is 11.4 Å². The molecule has 25 heavy (non-hydrogen) atoms. The first-order chi connectivity index (χ1) is 11.9. The maximum atomic E-state index is 12.4. The number of methoxy groups -OCH3 is 2. The zero-order chi connectivity index (χ0) is 18.4. The number of amides is 1. The first-order valence-corrected chi connectivity index (χ1v) is 8.23. The molecule has 0 bridgehead atoms. The maximum Gasteiger partial charge on any atom is 0.224 e. The summed E-state index contributed by atoms with van der Waals surface area (Å²) in [5, 5.41) is 2.97. The molecule has 1 amide bonds. The van der Waals surface area contributed by atoms with Crippen LogP contribution in [0.5, 0.6) is 11.5 Å². The molecule has 0 aliphatic carbocycles. The van der Waals surface area contributed by atoms with E-state index in [2.05, 4.69) is 5.32 Å². The predicted octanol–water partition coefficient (Wildman–Crippen LogP) is 3.90. The molecule has 0 aliphatic heterocycles. The Labute approximate surface area is 149 Å². The van der Waals surface area contributed by atoms with Gasteiger partial charge in [0.15, 0.2) is 0 Å². The van der Waals surface area contributed by atoms with Gasteiger partial charge in [0.05, 0.1) is 14.2 Å². The van der Waals surface area contributed by atoms with Crippen molar-refractivity contribution in [1.29, 1.82) is 0 Å². The standard InChI is InChI=1S/C20H26N2O3/c1-14(18-10-9-17(24-4)13-19(18)25-5)11-20(23)21-15-7-6-8-16(12-15)22(2)3/h6-10,12-14H,11H2,1-5H3,(H,21,23). The molecule has 1 unspecified atom stereocenters. The number of nitrogens with one attached hydrogen (secondary N) is 1. The average Bonchev–Trinajstić information content (AvgIpc) is 2.61. The molecule has 1 N–H and O–H groups in total. The third-order valence-electron chi connectivity index (χ3n) is 4.11. The molecule has 0 saturated carbocycles. The van der Waals surface area contributed by atoms with E-state index in [1.165, 1.54) is 0 Å². The highest BCUT2D eigenvalue weighted by Gasteiger charge is 2.16. The largest absolute Gasteiger partial charge is 0.497 e. The lowest BCUT2D eigenvalue weighted by Gasteiger charge is -2.17. The molecule has 2 aromatic carbocycles. The third kappa shape index (κ3) is 4.89. The van der Waals surface area contributed by atoms with Crippen molar-refractivity contribution in [3.05, 3.63) is 48.0 Å². The van der Waals surface area contributed by atoms with Crippen molar-refractivity contribution in [3.63, 3.8) is 0 Å². The van der Waals surface area contributed by atoms with Gasteiger partial charge in [-0.15, -0.1) is 0 Å². The fraction of sp³-hybridized carbons (Fsp3) is 0.350. The normalized spacial score (nSPS) is 11.6. The number of carbonyl (C=O) groups is 1. The summed E-state index contributed by atoms with van der Waals surface area (Å²) in [4.78, 5) is 14.4. The second kappa shape index (κ2) is 8.42. The van der Waals surface area contributed by atoms with Crippen LogP contribution in [0.15, 0.2) is 42.5 Å². The van der Waals surface area contributed by atoms with E-state index in [9.17, 15) is 4.79 Å². The summed E-state index contributed by atoms with van der Waals surface area (Å²) in [6, 6.07) is 13.4. The smallest absolute Gasteiger partial charge is 0.224 e. The molecule has 0 spiro atoms. The van der Waals surface area contributed by atoms with Crippen LogP contribution >= 0.6 is 0 Å². The first-order valence-electron chi connectivity index (χ1n) is 8.23. The zero-order valence-electron chi connectivity index (χ0n) is 15.5. The second-order valence-corrected chi connectivity index (χ2v) is 6.21. The van der Waals surface area contributed by atoms with Crippen LogP contribution in [-0.2, 0) is 4.79 Å². The van der Waals surface area contributed by atoms with Gasteiger partial charge in [-0.3, -0.25) is 4.79 Å². The monoisotopic (exact) mass is 342 g/mol. The van der Waals surface area contributed by atoms with Gasteiger partial charge in [0.1, 0.15) is 11.5 Å². The summed E-state index contributed by atoms with van der Waals surface area (Å²) in [7, 11) is 7.18. The van der Waals surface area contributed by atoms with Gasteiger partial charge in [-0.2, -0.15) is 0 Å². The Bertz CT molecular complexity index is 729. The lowest BCUT2D eigenvalue weighted by molar-refractivity contribution is -0.116. The number of rotatable bonds is 7. The lowest BCUT2D eigenvalue weighted by atomic mass is 9.96. The summed E-state index contributed by atoms with van der Waals surface area (Å²) in [5.41, 5.74) is 2.83. The van der Waals surface area contributed by atoms with Gasteiger partial charge in [0.2, 0.25) is 5.91 Å². The Morgan fingerprint density at radius 2 is 1.88 bits per heavy atom. The molecule has 2 aromatic rings. The van der Waals surface area contributed by atoms with Crippen molar-refractivity contribution < 1.29 is 14.3 Å². The molecular weight excluding hydrogens is 316 g/mol. The number of nitrogens with zero attached hydrogens (tertiary/aromatic N) is 1. The van der Waals surface area contributed by atoms with Gasteiger partial charge >= 0.3 is 0 Å². The molecule has 0 radical (unpaired) electrons. The van der Waals surface area contributed by atoms with Crippen molar-refractivity contribution >= 4 is 17.3 Å². The van der Waals surface area contributed by atoms with E-state index in [-0.39, 0.29) is 11.8 Å². The number of anilines is 2. The zero-order valence-corrected chi connectivity index (χ0v) is 15.5. The summed E-state index contributed by atoms with van der Waals surface area (Å²) in [6.45, 7) is 2.01. The van der Waals surface area contributed by atoms with Crippen LogP contribution in [0.2, 0.25) is 0 Å². The van der Waals surface area contributed by atoms with E-state index in [4.69, 9.17) is 9.47 Å². The van der Waals surface area contributed by atoms with Gasteiger partial charge < -0.3 is 19.7 Å². The molecule has 0 saturated heterocycles. The molecule has 0 aromatic heterocycles. The summed E-state index contributed by atoms with van der Waals surface area (Å²) < 4.78 is 10.7. The van der Waals surface area contributed by atoms with E-state index < -0.39 is 0 Å². The van der Waals surface area contributed by atoms with Crippen LogP contribution in [0.25, 0.3) is 0 Å². The topological polar surface area (TPSA) is 50.8 Å². The lowest BCUT2D eigenvalue weighted by Crippen LogP contribution is -2.15.